The van der Waals surface area contributed by atoms with Gasteiger partial charge in [0.05, 0.1) is 19.1 Å². The lowest BCUT2D eigenvalue weighted by atomic mass is 10.1. The highest BCUT2D eigenvalue weighted by Gasteiger charge is 2.52. The van der Waals surface area contributed by atoms with Crippen molar-refractivity contribution in [3.8, 4) is 0 Å². The van der Waals surface area contributed by atoms with Crippen molar-refractivity contribution >= 4 is 18.0 Å². The number of rotatable bonds is 6. The summed E-state index contributed by atoms with van der Waals surface area (Å²) >= 11 is 0. The van der Waals surface area contributed by atoms with Gasteiger partial charge >= 0.3 is 18.0 Å². The van der Waals surface area contributed by atoms with E-state index in [2.05, 4.69) is 5.32 Å². The van der Waals surface area contributed by atoms with E-state index >= 15 is 0 Å². The summed E-state index contributed by atoms with van der Waals surface area (Å²) in [6.07, 6.45) is -0.224. The number of esters is 2. The van der Waals surface area contributed by atoms with E-state index in [0.717, 1.165) is 0 Å². The first kappa shape index (κ1) is 18.3. The summed E-state index contributed by atoms with van der Waals surface area (Å²) < 4.78 is 15.0. The van der Waals surface area contributed by atoms with Crippen molar-refractivity contribution in [3.05, 3.63) is 0 Å². The Bertz CT molecular complexity index is 428. The Labute approximate surface area is 130 Å². The molecule has 3 atom stereocenters. The van der Waals surface area contributed by atoms with Crippen molar-refractivity contribution in [2.75, 3.05) is 13.2 Å². The van der Waals surface area contributed by atoms with Crippen molar-refractivity contribution in [2.24, 2.45) is 11.8 Å². The van der Waals surface area contributed by atoms with Gasteiger partial charge in [0, 0.05) is 5.92 Å². The molecule has 1 N–H and O–H groups in total. The summed E-state index contributed by atoms with van der Waals surface area (Å²) in [6.45, 7) is 9.06. The fraction of sp³-hybridized carbons (Fsp3) is 0.800. The number of ether oxygens (including phenoxy) is 3. The van der Waals surface area contributed by atoms with Gasteiger partial charge in [-0.3, -0.25) is 4.79 Å². The lowest BCUT2D eigenvalue weighted by Gasteiger charge is -2.23. The normalized spacial score (nSPS) is 21.5. The van der Waals surface area contributed by atoms with Crippen LogP contribution in [-0.2, 0) is 23.8 Å². The molecular weight excluding hydrogens is 290 g/mol. The first-order valence-corrected chi connectivity index (χ1v) is 7.52. The third-order valence-electron chi connectivity index (χ3n) is 3.07. The zero-order chi connectivity index (χ0) is 16.9. The van der Waals surface area contributed by atoms with Gasteiger partial charge < -0.3 is 19.5 Å². The number of nitrogens with one attached hydrogen (secondary N) is 1. The number of carbonyl (C=O) groups is 3. The van der Waals surface area contributed by atoms with Crippen LogP contribution in [0.15, 0.2) is 0 Å². The van der Waals surface area contributed by atoms with Crippen LogP contribution in [0, 0.1) is 11.8 Å². The minimum Gasteiger partial charge on any atom is -0.466 e. The summed E-state index contributed by atoms with van der Waals surface area (Å²) in [7, 11) is 0. The Morgan fingerprint density at radius 3 is 2.23 bits per heavy atom. The molecule has 2 unspecified atom stereocenters. The smallest absolute Gasteiger partial charge is 0.408 e. The molecule has 0 bridgehead atoms. The van der Waals surface area contributed by atoms with Crippen LogP contribution >= 0.6 is 0 Å². The van der Waals surface area contributed by atoms with Crippen LogP contribution in [0.3, 0.4) is 0 Å². The number of alkyl carbamates (subject to hydrolysis) is 1. The van der Waals surface area contributed by atoms with Crippen LogP contribution < -0.4 is 5.32 Å². The lowest BCUT2D eigenvalue weighted by Crippen LogP contribution is -2.46. The molecule has 126 valence electrons. The molecule has 1 aliphatic carbocycles. The molecule has 1 saturated carbocycles. The Hall–Kier alpha value is -1.79. The molecule has 0 heterocycles. The molecule has 0 aromatic rings. The summed E-state index contributed by atoms with van der Waals surface area (Å²) in [6, 6.07) is -0.899. The number of hydrogen-bond acceptors (Lipinski definition) is 6. The largest absolute Gasteiger partial charge is 0.466 e. The lowest BCUT2D eigenvalue weighted by molar-refractivity contribution is -0.147. The Balaban J connectivity index is 2.68. The van der Waals surface area contributed by atoms with Gasteiger partial charge in [-0.25, -0.2) is 9.59 Å². The predicted octanol–water partition coefficient (Wildman–Crippen LogP) is 1.64. The molecule has 1 rings (SSSR count). The average molecular weight is 315 g/mol. The van der Waals surface area contributed by atoms with Crippen molar-refractivity contribution in [1.29, 1.82) is 0 Å². The molecule has 1 aliphatic rings. The average Bonchev–Trinajstić information content (AvgIpc) is 3.14. The standard InChI is InChI=1S/C15H25NO6/c1-6-20-12(17)10-8-9(10)11(13(18)21-7-2)16-14(19)22-15(3,4)5/h9-11H,6-8H2,1-5H3,(H,16,19)/t9?,10?,11-/m0/s1. The molecule has 0 aliphatic heterocycles. The minimum atomic E-state index is -0.899. The van der Waals surface area contributed by atoms with Crippen molar-refractivity contribution in [2.45, 2.75) is 52.7 Å². The number of carbonyl (C=O) groups excluding carboxylic acids is 3. The van der Waals surface area contributed by atoms with Gasteiger partial charge in [-0.05, 0) is 41.0 Å². The van der Waals surface area contributed by atoms with Crippen molar-refractivity contribution < 1.29 is 28.6 Å². The molecule has 7 nitrogen and oxygen atoms in total. The van der Waals surface area contributed by atoms with Crippen LogP contribution in [-0.4, -0.2) is 42.9 Å². The van der Waals surface area contributed by atoms with Gasteiger partial charge in [-0.2, -0.15) is 0 Å². The highest BCUT2D eigenvalue weighted by molar-refractivity contribution is 5.85. The Kier molecular flexibility index (Phi) is 6.20. The van der Waals surface area contributed by atoms with Crippen molar-refractivity contribution in [3.63, 3.8) is 0 Å². The van der Waals surface area contributed by atoms with Gasteiger partial charge in [-0.15, -0.1) is 0 Å². The van der Waals surface area contributed by atoms with E-state index < -0.39 is 23.7 Å². The van der Waals surface area contributed by atoms with Crippen molar-refractivity contribution in [1.82, 2.24) is 5.32 Å². The van der Waals surface area contributed by atoms with Gasteiger partial charge in [0.1, 0.15) is 11.6 Å². The Morgan fingerprint density at radius 1 is 1.14 bits per heavy atom. The summed E-state index contributed by atoms with van der Waals surface area (Å²) in [5, 5.41) is 2.50. The summed E-state index contributed by atoms with van der Waals surface area (Å²) in [4.78, 5) is 35.6. The van der Waals surface area contributed by atoms with E-state index in [-0.39, 0.29) is 31.0 Å². The van der Waals surface area contributed by atoms with Gasteiger partial charge in [0.2, 0.25) is 0 Å². The monoisotopic (exact) mass is 315 g/mol. The predicted molar refractivity (Wildman–Crippen MR) is 78.0 cm³/mol. The van der Waals surface area contributed by atoms with E-state index in [1.807, 2.05) is 0 Å². The number of hydrogen-bond donors (Lipinski definition) is 1. The third kappa shape index (κ3) is 5.54. The molecule has 0 radical (unpaired) electrons. The van der Waals surface area contributed by atoms with Crippen LogP contribution in [0.1, 0.15) is 41.0 Å². The fourth-order valence-corrected chi connectivity index (χ4v) is 2.11. The summed E-state index contributed by atoms with van der Waals surface area (Å²) in [5.74, 6) is -1.62. The molecule has 0 aromatic heterocycles. The van der Waals surface area contributed by atoms with Gasteiger partial charge in [0.25, 0.3) is 0 Å². The quantitative estimate of drug-likeness (QED) is 0.592. The van der Waals surface area contributed by atoms with Gasteiger partial charge in [-0.1, -0.05) is 0 Å². The van der Waals surface area contributed by atoms with Gasteiger partial charge in [0.15, 0.2) is 0 Å². The molecule has 22 heavy (non-hydrogen) atoms. The van der Waals surface area contributed by atoms with E-state index in [0.29, 0.717) is 6.42 Å². The topological polar surface area (TPSA) is 90.9 Å². The van der Waals surface area contributed by atoms with Crippen LogP contribution in [0.4, 0.5) is 4.79 Å². The second kappa shape index (κ2) is 7.47. The van der Waals surface area contributed by atoms with E-state index in [1.54, 1.807) is 34.6 Å². The second-order valence-corrected chi connectivity index (χ2v) is 6.13. The first-order chi connectivity index (χ1) is 10.2. The van der Waals surface area contributed by atoms with Crippen LogP contribution in [0.2, 0.25) is 0 Å². The highest BCUT2D eigenvalue weighted by atomic mass is 16.6. The molecular formula is C15H25NO6. The molecule has 1 fully saturated rings. The zero-order valence-corrected chi connectivity index (χ0v) is 13.8. The van der Waals surface area contributed by atoms with E-state index in [4.69, 9.17) is 14.2 Å². The molecule has 0 saturated heterocycles. The Morgan fingerprint density at radius 2 is 1.73 bits per heavy atom. The molecule has 0 spiro atoms. The maximum absolute atomic E-state index is 12.0. The molecule has 1 amide bonds. The van der Waals surface area contributed by atoms with E-state index in [1.165, 1.54) is 0 Å². The van der Waals surface area contributed by atoms with Crippen LogP contribution in [0.5, 0.6) is 0 Å². The molecule has 0 aromatic carbocycles. The minimum absolute atomic E-state index is 0.197. The van der Waals surface area contributed by atoms with Crippen LogP contribution in [0.25, 0.3) is 0 Å². The zero-order valence-electron chi connectivity index (χ0n) is 13.8. The first-order valence-electron chi connectivity index (χ1n) is 7.52. The van der Waals surface area contributed by atoms with E-state index in [9.17, 15) is 14.4 Å². The fourth-order valence-electron chi connectivity index (χ4n) is 2.11. The summed E-state index contributed by atoms with van der Waals surface area (Å²) in [5.41, 5.74) is -0.673. The second-order valence-electron chi connectivity index (χ2n) is 6.13. The maximum Gasteiger partial charge on any atom is 0.408 e. The highest BCUT2D eigenvalue weighted by Crippen LogP contribution is 2.42. The molecule has 7 heteroatoms. The maximum atomic E-state index is 12.0. The SMILES string of the molecule is CCOC(=O)C1CC1[C@H](NC(=O)OC(C)(C)C)C(=O)OCC. The number of amides is 1. The third-order valence-corrected chi connectivity index (χ3v) is 3.07.